The number of hydrogen-bond donors (Lipinski definition) is 2. The quantitative estimate of drug-likeness (QED) is 0.724. The Morgan fingerprint density at radius 3 is 2.12 bits per heavy atom. The number of hydrogen-bond acceptors (Lipinski definition) is 3. The van der Waals surface area contributed by atoms with Crippen molar-refractivity contribution in [3.05, 3.63) is 52.5 Å². The molecule has 0 bridgehead atoms. The van der Waals surface area contributed by atoms with E-state index in [4.69, 9.17) is 27.9 Å². The van der Waals surface area contributed by atoms with E-state index in [9.17, 15) is 9.59 Å². The van der Waals surface area contributed by atoms with Gasteiger partial charge < -0.3 is 15.4 Å². The summed E-state index contributed by atoms with van der Waals surface area (Å²) < 4.78 is 5.59. The number of carbonyl (C=O) groups is 2. The van der Waals surface area contributed by atoms with Crippen LogP contribution in [0.1, 0.15) is 20.8 Å². The van der Waals surface area contributed by atoms with Crippen molar-refractivity contribution in [2.75, 3.05) is 10.6 Å². The molecular weight excluding hydrogens is 375 g/mol. The van der Waals surface area contributed by atoms with Crippen LogP contribution in [0.25, 0.3) is 0 Å². The van der Waals surface area contributed by atoms with Crippen molar-refractivity contribution in [3.63, 3.8) is 0 Å². The average Bonchev–Trinajstić information content (AvgIpc) is 2.57. The van der Waals surface area contributed by atoms with Gasteiger partial charge in [0.1, 0.15) is 5.75 Å². The molecule has 2 rings (SSSR count). The molecule has 0 saturated heterocycles. The van der Waals surface area contributed by atoms with Gasteiger partial charge >= 0.3 is 0 Å². The SMILES string of the molecule is CC(C)C(=O)Nc1cccc(NC(=O)C(C)Oc2ccc(Cl)cc2Cl)c1. The molecule has 2 aromatic carbocycles. The molecule has 0 fully saturated rings. The molecular formula is C19H20Cl2N2O3. The van der Waals surface area contributed by atoms with Crippen LogP contribution in [-0.4, -0.2) is 17.9 Å². The molecule has 2 amide bonds. The number of carbonyl (C=O) groups excluding carboxylic acids is 2. The Kier molecular flexibility index (Phi) is 6.89. The summed E-state index contributed by atoms with van der Waals surface area (Å²) in [4.78, 5) is 24.1. The summed E-state index contributed by atoms with van der Waals surface area (Å²) in [5, 5.41) is 6.35. The third kappa shape index (κ3) is 5.64. The van der Waals surface area contributed by atoms with Gasteiger partial charge in [0.15, 0.2) is 6.10 Å². The summed E-state index contributed by atoms with van der Waals surface area (Å²) in [5.74, 6) is -0.201. The van der Waals surface area contributed by atoms with Gasteiger partial charge in [-0.05, 0) is 43.3 Å². The normalized spacial score (nSPS) is 11.8. The molecule has 1 atom stereocenters. The lowest BCUT2D eigenvalue weighted by molar-refractivity contribution is -0.122. The van der Waals surface area contributed by atoms with E-state index in [0.717, 1.165) is 0 Å². The first-order valence-corrected chi connectivity index (χ1v) is 8.85. The van der Waals surface area contributed by atoms with Gasteiger partial charge in [-0.15, -0.1) is 0 Å². The van der Waals surface area contributed by atoms with E-state index in [1.165, 1.54) is 0 Å². The molecule has 2 N–H and O–H groups in total. The standard InChI is InChI=1S/C19H20Cl2N2O3/c1-11(2)18(24)22-14-5-4-6-15(10-14)23-19(25)12(3)26-17-8-7-13(20)9-16(17)21/h4-12H,1-3H3,(H,22,24)(H,23,25). The number of benzene rings is 2. The minimum Gasteiger partial charge on any atom is -0.479 e. The molecule has 0 radical (unpaired) electrons. The van der Waals surface area contributed by atoms with Crippen LogP contribution in [0, 0.1) is 5.92 Å². The number of nitrogens with one attached hydrogen (secondary N) is 2. The molecule has 0 aliphatic heterocycles. The Morgan fingerprint density at radius 1 is 0.923 bits per heavy atom. The van der Waals surface area contributed by atoms with Gasteiger partial charge in [0.25, 0.3) is 5.91 Å². The highest BCUT2D eigenvalue weighted by molar-refractivity contribution is 6.35. The summed E-state index contributed by atoms with van der Waals surface area (Å²) in [7, 11) is 0. The molecule has 7 heteroatoms. The Hall–Kier alpha value is -2.24. The van der Waals surface area contributed by atoms with E-state index in [2.05, 4.69) is 10.6 Å². The van der Waals surface area contributed by atoms with E-state index >= 15 is 0 Å². The van der Waals surface area contributed by atoms with Crippen molar-refractivity contribution in [3.8, 4) is 5.75 Å². The molecule has 1 unspecified atom stereocenters. The number of rotatable bonds is 6. The summed E-state index contributed by atoms with van der Waals surface area (Å²) in [6.45, 7) is 5.23. The average molecular weight is 395 g/mol. The van der Waals surface area contributed by atoms with E-state index in [1.54, 1.807) is 49.4 Å². The summed E-state index contributed by atoms with van der Waals surface area (Å²) in [5.41, 5.74) is 1.16. The van der Waals surface area contributed by atoms with Gasteiger partial charge in [0, 0.05) is 22.3 Å². The van der Waals surface area contributed by atoms with Crippen LogP contribution in [0.15, 0.2) is 42.5 Å². The lowest BCUT2D eigenvalue weighted by Crippen LogP contribution is -2.30. The molecule has 0 spiro atoms. The van der Waals surface area contributed by atoms with Gasteiger partial charge in [0.2, 0.25) is 5.91 Å². The molecule has 0 heterocycles. The zero-order valence-corrected chi connectivity index (χ0v) is 16.2. The molecule has 0 aliphatic carbocycles. The minimum absolute atomic E-state index is 0.0949. The molecule has 26 heavy (non-hydrogen) atoms. The topological polar surface area (TPSA) is 67.4 Å². The molecule has 0 aliphatic rings. The van der Waals surface area contributed by atoms with Crippen LogP contribution in [-0.2, 0) is 9.59 Å². The van der Waals surface area contributed by atoms with E-state index < -0.39 is 6.10 Å². The third-order valence-corrected chi connectivity index (χ3v) is 4.02. The fraction of sp³-hybridized carbons (Fsp3) is 0.263. The van der Waals surface area contributed by atoms with Gasteiger partial charge in [0.05, 0.1) is 5.02 Å². The third-order valence-electron chi connectivity index (χ3n) is 3.49. The zero-order valence-electron chi connectivity index (χ0n) is 14.7. The van der Waals surface area contributed by atoms with Gasteiger partial charge in [-0.3, -0.25) is 9.59 Å². The fourth-order valence-electron chi connectivity index (χ4n) is 2.02. The highest BCUT2D eigenvalue weighted by Gasteiger charge is 2.17. The van der Waals surface area contributed by atoms with E-state index in [-0.39, 0.29) is 17.7 Å². The molecule has 0 aromatic heterocycles. The second-order valence-corrected chi connectivity index (χ2v) is 6.89. The van der Waals surface area contributed by atoms with Crippen molar-refractivity contribution < 1.29 is 14.3 Å². The molecule has 138 valence electrons. The lowest BCUT2D eigenvalue weighted by Gasteiger charge is -2.16. The number of anilines is 2. The Bertz CT molecular complexity index is 809. The van der Waals surface area contributed by atoms with Crippen molar-refractivity contribution in [1.29, 1.82) is 0 Å². The number of halogens is 2. The maximum Gasteiger partial charge on any atom is 0.265 e. The van der Waals surface area contributed by atoms with Gasteiger partial charge in [-0.1, -0.05) is 43.1 Å². The van der Waals surface area contributed by atoms with Crippen molar-refractivity contribution in [1.82, 2.24) is 0 Å². The molecule has 0 saturated carbocycles. The zero-order chi connectivity index (χ0) is 19.3. The first kappa shape index (κ1) is 20.1. The maximum atomic E-state index is 12.3. The highest BCUT2D eigenvalue weighted by atomic mass is 35.5. The predicted octanol–water partition coefficient (Wildman–Crippen LogP) is 4.99. The van der Waals surface area contributed by atoms with E-state index in [1.807, 2.05) is 13.8 Å². The van der Waals surface area contributed by atoms with Crippen molar-refractivity contribution >= 4 is 46.4 Å². The van der Waals surface area contributed by atoms with Crippen LogP contribution in [0.5, 0.6) is 5.75 Å². The summed E-state index contributed by atoms with van der Waals surface area (Å²) in [6.07, 6.45) is -0.775. The summed E-state index contributed by atoms with van der Waals surface area (Å²) in [6, 6.07) is 11.7. The lowest BCUT2D eigenvalue weighted by atomic mass is 10.2. The van der Waals surface area contributed by atoms with Gasteiger partial charge in [-0.25, -0.2) is 0 Å². The smallest absolute Gasteiger partial charge is 0.265 e. The Balaban J connectivity index is 2.01. The maximum absolute atomic E-state index is 12.3. The predicted molar refractivity (Wildman–Crippen MR) is 105 cm³/mol. The monoisotopic (exact) mass is 394 g/mol. The summed E-state index contributed by atoms with van der Waals surface area (Å²) >= 11 is 11.9. The highest BCUT2D eigenvalue weighted by Crippen LogP contribution is 2.28. The first-order valence-electron chi connectivity index (χ1n) is 8.09. The molecule has 2 aromatic rings. The Labute approximate surface area is 162 Å². The number of amides is 2. The van der Waals surface area contributed by atoms with Crippen LogP contribution >= 0.6 is 23.2 Å². The fourth-order valence-corrected chi connectivity index (χ4v) is 2.47. The van der Waals surface area contributed by atoms with E-state index in [0.29, 0.717) is 27.2 Å². The van der Waals surface area contributed by atoms with Crippen molar-refractivity contribution in [2.24, 2.45) is 5.92 Å². The Morgan fingerprint density at radius 2 is 1.54 bits per heavy atom. The number of ether oxygens (including phenoxy) is 1. The van der Waals surface area contributed by atoms with Crippen molar-refractivity contribution in [2.45, 2.75) is 26.9 Å². The molecule has 5 nitrogen and oxygen atoms in total. The second-order valence-electron chi connectivity index (χ2n) is 6.05. The minimum atomic E-state index is -0.775. The van der Waals surface area contributed by atoms with Crippen LogP contribution in [0.4, 0.5) is 11.4 Å². The van der Waals surface area contributed by atoms with Crippen LogP contribution < -0.4 is 15.4 Å². The van der Waals surface area contributed by atoms with Gasteiger partial charge in [-0.2, -0.15) is 0 Å². The first-order chi connectivity index (χ1) is 12.3. The second kappa shape index (κ2) is 8.92. The van der Waals surface area contributed by atoms with Crippen LogP contribution in [0.2, 0.25) is 10.0 Å². The largest absolute Gasteiger partial charge is 0.479 e. The van der Waals surface area contributed by atoms with Crippen LogP contribution in [0.3, 0.4) is 0 Å².